The SMILES string of the molecule is Cc1nc(C)c(C(C)O)c(C2CCN(C(=O)OC(C)(C)C)CC2)n1. The monoisotopic (exact) mass is 335 g/mol. The number of carbonyl (C=O) groups excluding carboxylic acids is 1. The van der Waals surface area contributed by atoms with Crippen LogP contribution in [0.5, 0.6) is 0 Å². The molecule has 0 aromatic carbocycles. The maximum Gasteiger partial charge on any atom is 0.410 e. The van der Waals surface area contributed by atoms with Crippen LogP contribution in [-0.4, -0.2) is 44.8 Å². The summed E-state index contributed by atoms with van der Waals surface area (Å²) in [5, 5.41) is 10.1. The summed E-state index contributed by atoms with van der Waals surface area (Å²) in [4.78, 5) is 22.9. The van der Waals surface area contributed by atoms with E-state index in [4.69, 9.17) is 4.74 Å². The normalized spacial score (nSPS) is 17.7. The van der Waals surface area contributed by atoms with Crippen LogP contribution < -0.4 is 0 Å². The quantitative estimate of drug-likeness (QED) is 0.898. The van der Waals surface area contributed by atoms with Crippen LogP contribution >= 0.6 is 0 Å². The number of aryl methyl sites for hydroxylation is 2. The van der Waals surface area contributed by atoms with Gasteiger partial charge in [0.25, 0.3) is 0 Å². The number of ether oxygens (including phenoxy) is 1. The highest BCUT2D eigenvalue weighted by Crippen LogP contribution is 2.33. The van der Waals surface area contributed by atoms with Gasteiger partial charge in [0.2, 0.25) is 0 Å². The Balaban J connectivity index is 2.12. The van der Waals surface area contributed by atoms with Crippen LogP contribution in [-0.2, 0) is 4.74 Å². The molecular weight excluding hydrogens is 306 g/mol. The zero-order valence-electron chi connectivity index (χ0n) is 15.6. The summed E-state index contributed by atoms with van der Waals surface area (Å²) in [6.45, 7) is 12.4. The Kier molecular flexibility index (Phi) is 5.48. The molecule has 1 atom stereocenters. The van der Waals surface area contributed by atoms with Gasteiger partial charge in [0, 0.05) is 30.3 Å². The van der Waals surface area contributed by atoms with Gasteiger partial charge in [-0.25, -0.2) is 14.8 Å². The molecule has 1 aliphatic heterocycles. The van der Waals surface area contributed by atoms with E-state index in [9.17, 15) is 9.90 Å². The largest absolute Gasteiger partial charge is 0.444 e. The van der Waals surface area contributed by atoms with Gasteiger partial charge < -0.3 is 14.7 Å². The number of aromatic nitrogens is 2. The van der Waals surface area contributed by atoms with Gasteiger partial charge >= 0.3 is 6.09 Å². The van der Waals surface area contributed by atoms with Crippen molar-refractivity contribution >= 4 is 6.09 Å². The number of carbonyl (C=O) groups is 1. The molecule has 1 aromatic heterocycles. The zero-order chi connectivity index (χ0) is 18.1. The zero-order valence-corrected chi connectivity index (χ0v) is 15.6. The van der Waals surface area contributed by atoms with Crippen molar-refractivity contribution in [2.75, 3.05) is 13.1 Å². The molecule has 1 aromatic rings. The van der Waals surface area contributed by atoms with Gasteiger partial charge in [0.15, 0.2) is 0 Å². The first-order valence-corrected chi connectivity index (χ1v) is 8.59. The molecule has 0 aliphatic carbocycles. The Morgan fingerprint density at radius 1 is 1.25 bits per heavy atom. The van der Waals surface area contributed by atoms with E-state index >= 15 is 0 Å². The van der Waals surface area contributed by atoms with Crippen LogP contribution in [0.2, 0.25) is 0 Å². The molecule has 1 amide bonds. The van der Waals surface area contributed by atoms with E-state index in [1.165, 1.54) is 0 Å². The summed E-state index contributed by atoms with van der Waals surface area (Å²) >= 11 is 0. The number of rotatable bonds is 2. The first kappa shape index (κ1) is 18.6. The number of nitrogens with zero attached hydrogens (tertiary/aromatic N) is 3. The highest BCUT2D eigenvalue weighted by atomic mass is 16.6. The van der Waals surface area contributed by atoms with Crippen LogP contribution in [0, 0.1) is 13.8 Å². The molecule has 0 saturated carbocycles. The fourth-order valence-electron chi connectivity index (χ4n) is 3.24. The van der Waals surface area contributed by atoms with Crippen LogP contribution in [0.25, 0.3) is 0 Å². The van der Waals surface area contributed by atoms with E-state index < -0.39 is 11.7 Å². The van der Waals surface area contributed by atoms with E-state index in [0.29, 0.717) is 13.1 Å². The molecule has 0 radical (unpaired) electrons. The summed E-state index contributed by atoms with van der Waals surface area (Å²) < 4.78 is 5.44. The number of aliphatic hydroxyl groups excluding tert-OH is 1. The molecule has 1 aliphatic rings. The smallest absolute Gasteiger partial charge is 0.410 e. The van der Waals surface area contributed by atoms with Crippen molar-refractivity contribution in [3.8, 4) is 0 Å². The molecule has 2 heterocycles. The Morgan fingerprint density at radius 2 is 1.83 bits per heavy atom. The first-order chi connectivity index (χ1) is 11.1. The van der Waals surface area contributed by atoms with Crippen molar-refractivity contribution < 1.29 is 14.6 Å². The summed E-state index contributed by atoms with van der Waals surface area (Å²) in [5.74, 6) is 0.954. The second kappa shape index (κ2) is 7.05. The maximum absolute atomic E-state index is 12.2. The van der Waals surface area contributed by atoms with Crippen LogP contribution in [0.3, 0.4) is 0 Å². The number of amides is 1. The highest BCUT2D eigenvalue weighted by molar-refractivity contribution is 5.68. The van der Waals surface area contributed by atoms with E-state index in [-0.39, 0.29) is 12.0 Å². The van der Waals surface area contributed by atoms with Gasteiger partial charge in [0.1, 0.15) is 11.4 Å². The van der Waals surface area contributed by atoms with Crippen LogP contribution in [0.4, 0.5) is 4.79 Å². The van der Waals surface area contributed by atoms with Crippen LogP contribution in [0.1, 0.15) is 75.3 Å². The molecule has 0 spiro atoms. The van der Waals surface area contributed by atoms with Gasteiger partial charge in [-0.05, 0) is 54.4 Å². The molecule has 24 heavy (non-hydrogen) atoms. The topological polar surface area (TPSA) is 75.6 Å². The minimum Gasteiger partial charge on any atom is -0.444 e. The number of hydrogen-bond donors (Lipinski definition) is 1. The molecular formula is C18H29N3O3. The highest BCUT2D eigenvalue weighted by Gasteiger charge is 2.30. The van der Waals surface area contributed by atoms with Gasteiger partial charge in [-0.2, -0.15) is 0 Å². The lowest BCUT2D eigenvalue weighted by molar-refractivity contribution is 0.0203. The van der Waals surface area contributed by atoms with Crippen molar-refractivity contribution in [3.63, 3.8) is 0 Å². The fraction of sp³-hybridized carbons (Fsp3) is 0.722. The molecule has 2 rings (SSSR count). The molecule has 6 heteroatoms. The minimum atomic E-state index is -0.593. The Morgan fingerprint density at radius 3 is 2.33 bits per heavy atom. The van der Waals surface area contributed by atoms with Crippen molar-refractivity contribution in [3.05, 3.63) is 22.8 Å². The second-order valence-corrected chi connectivity index (χ2v) is 7.57. The molecule has 1 saturated heterocycles. The first-order valence-electron chi connectivity index (χ1n) is 8.59. The summed E-state index contributed by atoms with van der Waals surface area (Å²) in [6, 6.07) is 0. The third-order valence-corrected chi connectivity index (χ3v) is 4.23. The Bertz CT molecular complexity index is 600. The maximum atomic E-state index is 12.2. The average molecular weight is 335 g/mol. The predicted molar refractivity (Wildman–Crippen MR) is 91.9 cm³/mol. The summed E-state index contributed by atoms with van der Waals surface area (Å²) in [6.07, 6.45) is 0.778. The second-order valence-electron chi connectivity index (χ2n) is 7.57. The van der Waals surface area contributed by atoms with E-state index in [1.807, 2.05) is 34.6 Å². The van der Waals surface area contributed by atoms with Gasteiger partial charge in [-0.3, -0.25) is 0 Å². The number of piperidine rings is 1. The van der Waals surface area contributed by atoms with Gasteiger partial charge in [-0.1, -0.05) is 0 Å². The number of aliphatic hydroxyl groups is 1. The molecule has 6 nitrogen and oxygen atoms in total. The third-order valence-electron chi connectivity index (χ3n) is 4.23. The summed E-state index contributed by atoms with van der Waals surface area (Å²) in [5.41, 5.74) is 2.12. The standard InChI is InChI=1S/C18H29N3O3/c1-11-15(12(2)22)16(20-13(3)19-11)14-7-9-21(10-8-14)17(23)24-18(4,5)6/h12,14,22H,7-10H2,1-6H3. The molecule has 134 valence electrons. The van der Waals surface area contributed by atoms with Crippen molar-refractivity contribution in [1.29, 1.82) is 0 Å². The molecule has 0 bridgehead atoms. The summed E-state index contributed by atoms with van der Waals surface area (Å²) in [7, 11) is 0. The van der Waals surface area contributed by atoms with E-state index in [1.54, 1.807) is 11.8 Å². The molecule has 1 unspecified atom stereocenters. The van der Waals surface area contributed by atoms with Crippen LogP contribution in [0.15, 0.2) is 0 Å². The van der Waals surface area contributed by atoms with Gasteiger partial charge in [0.05, 0.1) is 11.8 Å². The Labute approximate surface area is 144 Å². The van der Waals surface area contributed by atoms with Crippen molar-refractivity contribution in [1.82, 2.24) is 14.9 Å². The van der Waals surface area contributed by atoms with E-state index in [2.05, 4.69) is 9.97 Å². The lowest BCUT2D eigenvalue weighted by Gasteiger charge is -2.34. The number of likely N-dealkylation sites (tertiary alicyclic amines) is 1. The van der Waals surface area contributed by atoms with Crippen molar-refractivity contribution in [2.45, 2.75) is 72.0 Å². The molecule has 1 N–H and O–H groups in total. The van der Waals surface area contributed by atoms with E-state index in [0.717, 1.165) is 35.6 Å². The average Bonchev–Trinajstić information content (AvgIpc) is 2.44. The lowest BCUT2D eigenvalue weighted by atomic mass is 9.88. The Hall–Kier alpha value is -1.69. The minimum absolute atomic E-state index is 0.230. The van der Waals surface area contributed by atoms with Crippen molar-refractivity contribution in [2.24, 2.45) is 0 Å². The lowest BCUT2D eigenvalue weighted by Crippen LogP contribution is -2.41. The molecule has 1 fully saturated rings. The number of hydrogen-bond acceptors (Lipinski definition) is 5. The predicted octanol–water partition coefficient (Wildman–Crippen LogP) is 3.26. The fourth-order valence-corrected chi connectivity index (χ4v) is 3.24. The third kappa shape index (κ3) is 4.44. The van der Waals surface area contributed by atoms with Gasteiger partial charge in [-0.15, -0.1) is 0 Å².